The van der Waals surface area contributed by atoms with Crippen LogP contribution in [0.4, 0.5) is 0 Å². The smallest absolute Gasteiger partial charge is 0.237 e. The van der Waals surface area contributed by atoms with E-state index in [2.05, 4.69) is 20.8 Å². The number of halogens is 1. The number of aromatic nitrogens is 2. The Morgan fingerprint density at radius 2 is 2.24 bits per heavy atom. The second-order valence-electron chi connectivity index (χ2n) is 5.88. The number of carbonyl (C=O) groups excluding carboxylic acids is 1. The second kappa shape index (κ2) is 7.22. The summed E-state index contributed by atoms with van der Waals surface area (Å²) in [7, 11) is 0. The highest BCUT2D eigenvalue weighted by atomic mass is 35.5. The summed E-state index contributed by atoms with van der Waals surface area (Å²) in [5.74, 6) is 2.01. The third-order valence-electron chi connectivity index (χ3n) is 4.39. The largest absolute Gasteiger partial charge is 0.354 e. The van der Waals surface area contributed by atoms with Crippen molar-refractivity contribution in [1.29, 1.82) is 0 Å². The summed E-state index contributed by atoms with van der Waals surface area (Å²) in [5, 5.41) is 10.2. The number of nitrogens with one attached hydrogen (secondary N) is 2. The van der Waals surface area contributed by atoms with Gasteiger partial charge in [-0.3, -0.25) is 4.79 Å². The van der Waals surface area contributed by atoms with E-state index in [0.29, 0.717) is 36.6 Å². The van der Waals surface area contributed by atoms with Crippen molar-refractivity contribution in [3.05, 3.63) is 11.7 Å². The number of hydrogen-bond acceptors (Lipinski definition) is 5. The van der Waals surface area contributed by atoms with Crippen LogP contribution in [0.1, 0.15) is 43.8 Å². The standard InChI is InChI=1S/C14H22N4O2.ClH/c1-9-16-13(20-18-9)6-7-15-14(19)12-8-10-4-2-3-5-11(10)17-12;/h10-12,17H,2-8H2,1H3,(H,15,19);1H. The average Bonchev–Trinajstić information content (AvgIpc) is 3.04. The molecule has 1 saturated heterocycles. The fourth-order valence-electron chi connectivity index (χ4n) is 3.38. The first-order chi connectivity index (χ1) is 9.72. The van der Waals surface area contributed by atoms with Gasteiger partial charge in [-0.15, -0.1) is 12.4 Å². The Hall–Kier alpha value is -1.14. The van der Waals surface area contributed by atoms with E-state index in [4.69, 9.17) is 4.52 Å². The fraction of sp³-hybridized carbons (Fsp3) is 0.786. The molecule has 1 amide bonds. The normalized spacial score (nSPS) is 27.8. The van der Waals surface area contributed by atoms with Crippen LogP contribution in [0.5, 0.6) is 0 Å². The Bertz CT molecular complexity index is 465. The zero-order valence-electron chi connectivity index (χ0n) is 12.3. The lowest BCUT2D eigenvalue weighted by molar-refractivity contribution is -0.122. The van der Waals surface area contributed by atoms with Crippen LogP contribution in [0.2, 0.25) is 0 Å². The molecule has 118 valence electrons. The molecule has 2 heterocycles. The topological polar surface area (TPSA) is 80.0 Å². The van der Waals surface area contributed by atoms with E-state index in [1.165, 1.54) is 25.7 Å². The van der Waals surface area contributed by atoms with Gasteiger partial charge in [0.05, 0.1) is 6.04 Å². The monoisotopic (exact) mass is 314 g/mol. The zero-order chi connectivity index (χ0) is 13.9. The van der Waals surface area contributed by atoms with Crippen molar-refractivity contribution in [2.45, 2.75) is 57.5 Å². The number of rotatable bonds is 4. The molecule has 2 aliphatic rings. The van der Waals surface area contributed by atoms with Gasteiger partial charge < -0.3 is 15.2 Å². The van der Waals surface area contributed by atoms with Crippen molar-refractivity contribution in [2.75, 3.05) is 6.54 Å². The zero-order valence-corrected chi connectivity index (χ0v) is 13.1. The molecule has 21 heavy (non-hydrogen) atoms. The quantitative estimate of drug-likeness (QED) is 0.877. The number of carbonyl (C=O) groups is 1. The molecular formula is C14H23ClN4O2. The summed E-state index contributed by atoms with van der Waals surface area (Å²) in [5.41, 5.74) is 0. The van der Waals surface area contributed by atoms with Gasteiger partial charge in [0.25, 0.3) is 0 Å². The van der Waals surface area contributed by atoms with Crippen molar-refractivity contribution in [1.82, 2.24) is 20.8 Å². The number of amides is 1. The first kappa shape index (κ1) is 16.2. The minimum absolute atomic E-state index is 0. The first-order valence-electron chi connectivity index (χ1n) is 7.55. The summed E-state index contributed by atoms with van der Waals surface area (Å²) in [4.78, 5) is 16.3. The minimum Gasteiger partial charge on any atom is -0.354 e. The van der Waals surface area contributed by atoms with Crippen LogP contribution in [0.25, 0.3) is 0 Å². The van der Waals surface area contributed by atoms with E-state index in [0.717, 1.165) is 6.42 Å². The van der Waals surface area contributed by atoms with Crippen LogP contribution in [-0.4, -0.2) is 34.7 Å². The predicted octanol–water partition coefficient (Wildman–Crippen LogP) is 1.38. The Balaban J connectivity index is 0.00000161. The van der Waals surface area contributed by atoms with Crippen LogP contribution < -0.4 is 10.6 Å². The first-order valence-corrected chi connectivity index (χ1v) is 7.55. The van der Waals surface area contributed by atoms with Crippen molar-refractivity contribution in [2.24, 2.45) is 5.92 Å². The van der Waals surface area contributed by atoms with Gasteiger partial charge in [0.1, 0.15) is 0 Å². The third-order valence-corrected chi connectivity index (χ3v) is 4.39. The lowest BCUT2D eigenvalue weighted by Crippen LogP contribution is -2.43. The molecule has 1 aliphatic carbocycles. The lowest BCUT2D eigenvalue weighted by atomic mass is 9.85. The van der Waals surface area contributed by atoms with Gasteiger partial charge in [0.2, 0.25) is 11.8 Å². The second-order valence-corrected chi connectivity index (χ2v) is 5.88. The number of nitrogens with zero attached hydrogens (tertiary/aromatic N) is 2. The van der Waals surface area contributed by atoms with Gasteiger partial charge in [0.15, 0.2) is 5.82 Å². The van der Waals surface area contributed by atoms with Crippen molar-refractivity contribution in [3.8, 4) is 0 Å². The summed E-state index contributed by atoms with van der Waals surface area (Å²) in [6.07, 6.45) is 6.66. The summed E-state index contributed by atoms with van der Waals surface area (Å²) in [6.45, 7) is 2.34. The summed E-state index contributed by atoms with van der Waals surface area (Å²) >= 11 is 0. The molecule has 0 aromatic carbocycles. The van der Waals surface area contributed by atoms with Gasteiger partial charge in [0, 0.05) is 19.0 Å². The Labute approximate surface area is 130 Å². The number of fused-ring (bicyclic) bond motifs is 1. The Morgan fingerprint density at radius 1 is 1.43 bits per heavy atom. The van der Waals surface area contributed by atoms with E-state index >= 15 is 0 Å². The molecule has 3 rings (SSSR count). The molecule has 1 aromatic heterocycles. The highest BCUT2D eigenvalue weighted by Gasteiger charge is 2.37. The highest BCUT2D eigenvalue weighted by molar-refractivity contribution is 5.85. The Kier molecular flexibility index (Phi) is 5.58. The maximum absolute atomic E-state index is 12.1. The molecule has 3 atom stereocenters. The summed E-state index contributed by atoms with van der Waals surface area (Å²) < 4.78 is 5.02. The molecule has 1 saturated carbocycles. The maximum atomic E-state index is 12.1. The van der Waals surface area contributed by atoms with Crippen LogP contribution in [0.3, 0.4) is 0 Å². The molecule has 2 fully saturated rings. The van der Waals surface area contributed by atoms with Gasteiger partial charge in [-0.25, -0.2) is 0 Å². The van der Waals surface area contributed by atoms with E-state index < -0.39 is 0 Å². The lowest BCUT2D eigenvalue weighted by Gasteiger charge is -2.24. The van der Waals surface area contributed by atoms with Gasteiger partial charge in [-0.2, -0.15) is 4.98 Å². The van der Waals surface area contributed by atoms with E-state index in [1.807, 2.05) is 0 Å². The minimum atomic E-state index is -0.0208. The average molecular weight is 315 g/mol. The van der Waals surface area contributed by atoms with E-state index in [9.17, 15) is 4.79 Å². The van der Waals surface area contributed by atoms with Crippen LogP contribution in [-0.2, 0) is 11.2 Å². The van der Waals surface area contributed by atoms with Crippen LogP contribution in [0.15, 0.2) is 4.52 Å². The molecule has 1 aromatic rings. The van der Waals surface area contributed by atoms with Gasteiger partial charge in [-0.1, -0.05) is 18.0 Å². The highest BCUT2D eigenvalue weighted by Crippen LogP contribution is 2.33. The van der Waals surface area contributed by atoms with E-state index in [-0.39, 0.29) is 24.4 Å². The molecule has 7 heteroatoms. The Morgan fingerprint density at radius 3 is 2.95 bits per heavy atom. The fourth-order valence-corrected chi connectivity index (χ4v) is 3.38. The summed E-state index contributed by atoms with van der Waals surface area (Å²) in [6, 6.07) is 0.533. The van der Waals surface area contributed by atoms with Crippen molar-refractivity contribution in [3.63, 3.8) is 0 Å². The molecule has 0 bridgehead atoms. The molecule has 6 nitrogen and oxygen atoms in total. The molecule has 3 unspecified atom stereocenters. The molecule has 0 spiro atoms. The third kappa shape index (κ3) is 3.95. The van der Waals surface area contributed by atoms with E-state index in [1.54, 1.807) is 6.92 Å². The van der Waals surface area contributed by atoms with Crippen molar-refractivity contribution >= 4 is 18.3 Å². The SMILES string of the molecule is Cc1noc(CCNC(=O)C2CC3CCCCC3N2)n1.Cl. The molecule has 2 N–H and O–H groups in total. The molecular weight excluding hydrogens is 292 g/mol. The maximum Gasteiger partial charge on any atom is 0.237 e. The van der Waals surface area contributed by atoms with Gasteiger partial charge in [-0.05, 0) is 32.1 Å². The van der Waals surface area contributed by atoms with Crippen LogP contribution >= 0.6 is 12.4 Å². The predicted molar refractivity (Wildman–Crippen MR) is 80.3 cm³/mol. The molecule has 1 aliphatic heterocycles. The molecule has 0 radical (unpaired) electrons. The van der Waals surface area contributed by atoms with Crippen LogP contribution in [0, 0.1) is 12.8 Å². The van der Waals surface area contributed by atoms with Crippen molar-refractivity contribution < 1.29 is 9.32 Å². The number of hydrogen-bond donors (Lipinski definition) is 2. The number of aryl methyl sites for hydroxylation is 1. The van der Waals surface area contributed by atoms with Gasteiger partial charge >= 0.3 is 0 Å².